The van der Waals surface area contributed by atoms with Crippen LogP contribution in [0.5, 0.6) is 0 Å². The Morgan fingerprint density at radius 3 is 2.44 bits per heavy atom. The lowest BCUT2D eigenvalue weighted by Crippen LogP contribution is -2.26. The summed E-state index contributed by atoms with van der Waals surface area (Å²) in [4.78, 5) is 24.2. The van der Waals surface area contributed by atoms with Gasteiger partial charge in [-0.15, -0.1) is 11.8 Å². The quantitative estimate of drug-likeness (QED) is 0.743. The molecule has 2 amide bonds. The maximum atomic E-state index is 13.0. The van der Waals surface area contributed by atoms with Crippen LogP contribution in [0, 0.1) is 6.92 Å². The van der Waals surface area contributed by atoms with E-state index in [1.54, 1.807) is 6.07 Å². The molecule has 0 aromatic heterocycles. The highest BCUT2D eigenvalue weighted by Gasteiger charge is 2.33. The van der Waals surface area contributed by atoms with Crippen molar-refractivity contribution in [3.8, 4) is 0 Å². The summed E-state index contributed by atoms with van der Waals surface area (Å²) < 4.78 is 38.9. The molecule has 0 heterocycles. The van der Waals surface area contributed by atoms with Crippen molar-refractivity contribution < 1.29 is 22.8 Å². The van der Waals surface area contributed by atoms with Crippen molar-refractivity contribution in [2.75, 3.05) is 16.4 Å². The molecule has 2 N–H and O–H groups in total. The first-order chi connectivity index (χ1) is 12.7. The first-order valence-electron chi connectivity index (χ1n) is 8.12. The second kappa shape index (κ2) is 8.94. The van der Waals surface area contributed by atoms with E-state index in [1.165, 1.54) is 25.1 Å². The van der Waals surface area contributed by atoms with Crippen LogP contribution >= 0.6 is 11.8 Å². The second-order valence-corrected chi connectivity index (χ2v) is 7.23. The van der Waals surface area contributed by atoms with Gasteiger partial charge in [0.15, 0.2) is 0 Å². The molecular formula is C19H19F3N2O2S. The number of anilines is 2. The molecule has 8 heteroatoms. The van der Waals surface area contributed by atoms with Crippen LogP contribution in [-0.4, -0.2) is 22.8 Å². The third kappa shape index (κ3) is 6.32. The van der Waals surface area contributed by atoms with Gasteiger partial charge in [0.25, 0.3) is 0 Å². The van der Waals surface area contributed by atoms with E-state index < -0.39 is 22.9 Å². The fraction of sp³-hybridized carbons (Fsp3) is 0.263. The van der Waals surface area contributed by atoms with E-state index in [0.29, 0.717) is 5.69 Å². The van der Waals surface area contributed by atoms with Crippen molar-refractivity contribution in [3.05, 3.63) is 59.7 Å². The molecule has 144 valence electrons. The summed E-state index contributed by atoms with van der Waals surface area (Å²) in [5.41, 5.74) is 0.438. The molecule has 0 unspecified atom stereocenters. The fourth-order valence-electron chi connectivity index (χ4n) is 2.27. The van der Waals surface area contributed by atoms with E-state index >= 15 is 0 Å². The molecule has 2 aromatic carbocycles. The smallest absolute Gasteiger partial charge is 0.325 e. The number of aryl methyl sites for hydroxylation is 1. The SMILES string of the molecule is Cc1cccc(NC(=O)CS[C@@H](C)C(=O)Nc2ccccc2C(F)(F)F)c1. The van der Waals surface area contributed by atoms with Crippen LogP contribution in [0.2, 0.25) is 0 Å². The zero-order chi connectivity index (χ0) is 20.0. The van der Waals surface area contributed by atoms with Crippen LogP contribution in [0.3, 0.4) is 0 Å². The largest absolute Gasteiger partial charge is 0.418 e. The molecule has 2 rings (SSSR count). The zero-order valence-electron chi connectivity index (χ0n) is 14.8. The van der Waals surface area contributed by atoms with E-state index in [-0.39, 0.29) is 17.3 Å². The summed E-state index contributed by atoms with van der Waals surface area (Å²) in [7, 11) is 0. The number of amides is 2. The Hall–Kier alpha value is -2.48. The van der Waals surface area contributed by atoms with Crippen LogP contribution in [0.1, 0.15) is 18.1 Å². The third-order valence-corrected chi connectivity index (χ3v) is 4.77. The number of benzene rings is 2. The number of thioether (sulfide) groups is 1. The van der Waals surface area contributed by atoms with Crippen LogP contribution in [0.4, 0.5) is 24.5 Å². The minimum absolute atomic E-state index is 0.00342. The Bertz CT molecular complexity index is 825. The standard InChI is InChI=1S/C19H19F3N2O2S/c1-12-6-5-7-14(10-12)23-17(25)11-27-13(2)18(26)24-16-9-4-3-8-15(16)19(20,21)22/h3-10,13H,11H2,1-2H3,(H,23,25)(H,24,26)/t13-/m0/s1. The van der Waals surface area contributed by atoms with Crippen LogP contribution < -0.4 is 10.6 Å². The first kappa shape index (κ1) is 20.8. The number of nitrogens with one attached hydrogen (secondary N) is 2. The Labute approximate surface area is 159 Å². The van der Waals surface area contributed by atoms with Crippen molar-refractivity contribution in [2.45, 2.75) is 25.3 Å². The van der Waals surface area contributed by atoms with Crippen LogP contribution in [-0.2, 0) is 15.8 Å². The van der Waals surface area contributed by atoms with Crippen molar-refractivity contribution in [2.24, 2.45) is 0 Å². The summed E-state index contributed by atoms with van der Waals surface area (Å²) in [5, 5.41) is 4.30. The highest BCUT2D eigenvalue weighted by Crippen LogP contribution is 2.34. The zero-order valence-corrected chi connectivity index (χ0v) is 15.6. The molecular weight excluding hydrogens is 377 g/mol. The summed E-state index contributed by atoms with van der Waals surface area (Å²) in [5.74, 6) is -0.885. The molecule has 0 saturated heterocycles. The van der Waals surface area contributed by atoms with Gasteiger partial charge in [-0.25, -0.2) is 0 Å². The van der Waals surface area contributed by atoms with E-state index in [0.717, 1.165) is 23.4 Å². The first-order valence-corrected chi connectivity index (χ1v) is 9.17. The average Bonchev–Trinajstić information content (AvgIpc) is 2.59. The van der Waals surface area contributed by atoms with E-state index in [2.05, 4.69) is 10.6 Å². The van der Waals surface area contributed by atoms with Gasteiger partial charge >= 0.3 is 6.18 Å². The predicted octanol–water partition coefficient (Wildman–Crippen LogP) is 4.71. The lowest BCUT2D eigenvalue weighted by atomic mass is 10.1. The van der Waals surface area contributed by atoms with Gasteiger partial charge in [-0.1, -0.05) is 24.3 Å². The Morgan fingerprint density at radius 2 is 1.78 bits per heavy atom. The molecule has 0 aliphatic heterocycles. The average molecular weight is 396 g/mol. The molecule has 0 aliphatic carbocycles. The molecule has 0 radical (unpaired) electrons. The van der Waals surface area contributed by atoms with E-state index in [1.807, 2.05) is 25.1 Å². The topological polar surface area (TPSA) is 58.2 Å². The summed E-state index contributed by atoms with van der Waals surface area (Å²) in [6.07, 6.45) is -4.56. The lowest BCUT2D eigenvalue weighted by molar-refractivity contribution is -0.137. The molecule has 0 fully saturated rings. The predicted molar refractivity (Wildman–Crippen MR) is 102 cm³/mol. The Balaban J connectivity index is 1.90. The summed E-state index contributed by atoms with van der Waals surface area (Å²) in [6.45, 7) is 3.44. The van der Waals surface area contributed by atoms with Gasteiger partial charge in [0.2, 0.25) is 11.8 Å². The van der Waals surface area contributed by atoms with Crippen LogP contribution in [0.15, 0.2) is 48.5 Å². The lowest BCUT2D eigenvalue weighted by Gasteiger charge is -2.16. The molecule has 0 bridgehead atoms. The molecule has 0 saturated carbocycles. The number of carbonyl (C=O) groups excluding carboxylic acids is 2. The van der Waals surface area contributed by atoms with Gasteiger partial charge in [-0.2, -0.15) is 13.2 Å². The normalized spacial score (nSPS) is 12.3. The third-order valence-electron chi connectivity index (χ3n) is 3.63. The highest BCUT2D eigenvalue weighted by atomic mass is 32.2. The van der Waals surface area contributed by atoms with E-state index in [4.69, 9.17) is 0 Å². The summed E-state index contributed by atoms with van der Waals surface area (Å²) in [6, 6.07) is 12.0. The summed E-state index contributed by atoms with van der Waals surface area (Å²) >= 11 is 1.04. The van der Waals surface area contributed by atoms with Crippen LogP contribution in [0.25, 0.3) is 0 Å². The number of hydrogen-bond acceptors (Lipinski definition) is 3. The Morgan fingerprint density at radius 1 is 1.07 bits per heavy atom. The maximum Gasteiger partial charge on any atom is 0.418 e. The van der Waals surface area contributed by atoms with Crippen molar-refractivity contribution in [1.82, 2.24) is 0 Å². The van der Waals surface area contributed by atoms with Crippen molar-refractivity contribution in [3.63, 3.8) is 0 Å². The van der Waals surface area contributed by atoms with Crippen molar-refractivity contribution in [1.29, 1.82) is 0 Å². The van der Waals surface area contributed by atoms with Gasteiger partial charge in [0.1, 0.15) is 0 Å². The van der Waals surface area contributed by atoms with Gasteiger partial charge in [-0.05, 0) is 43.7 Å². The number of halogens is 3. The van der Waals surface area contributed by atoms with Crippen molar-refractivity contribution >= 4 is 35.0 Å². The fourth-order valence-corrected chi connectivity index (χ4v) is 2.95. The van der Waals surface area contributed by atoms with Gasteiger partial charge in [0, 0.05) is 5.69 Å². The second-order valence-electron chi connectivity index (χ2n) is 5.90. The van der Waals surface area contributed by atoms with E-state index in [9.17, 15) is 22.8 Å². The van der Waals surface area contributed by atoms with Gasteiger partial charge in [0.05, 0.1) is 22.3 Å². The molecule has 27 heavy (non-hydrogen) atoms. The van der Waals surface area contributed by atoms with Gasteiger partial charge < -0.3 is 10.6 Å². The number of carbonyl (C=O) groups is 2. The minimum Gasteiger partial charge on any atom is -0.325 e. The van der Waals surface area contributed by atoms with Gasteiger partial charge in [-0.3, -0.25) is 9.59 Å². The number of rotatable bonds is 6. The molecule has 2 aromatic rings. The molecule has 4 nitrogen and oxygen atoms in total. The minimum atomic E-state index is -4.56. The number of hydrogen-bond donors (Lipinski definition) is 2. The molecule has 0 spiro atoms. The highest BCUT2D eigenvalue weighted by molar-refractivity contribution is 8.01. The number of alkyl halides is 3. The Kier molecular flexibility index (Phi) is 6.90. The monoisotopic (exact) mass is 396 g/mol. The molecule has 1 atom stereocenters. The number of para-hydroxylation sites is 1. The molecule has 0 aliphatic rings. The maximum absolute atomic E-state index is 13.0.